The molecule has 0 saturated carbocycles. The summed E-state index contributed by atoms with van der Waals surface area (Å²) in [5, 5.41) is 5.71. The molecule has 0 unspecified atom stereocenters. The molecule has 0 atom stereocenters. The van der Waals surface area contributed by atoms with Crippen molar-refractivity contribution < 1.29 is 4.74 Å². The van der Waals surface area contributed by atoms with Crippen molar-refractivity contribution in [2.24, 2.45) is 0 Å². The van der Waals surface area contributed by atoms with Crippen LogP contribution in [0.1, 0.15) is 0 Å². The van der Waals surface area contributed by atoms with Crippen LogP contribution in [0, 0.1) is 0 Å². The Morgan fingerprint density at radius 1 is 0.842 bits per heavy atom. The molecule has 0 aliphatic carbocycles. The molecule has 3 heteroatoms. The topological polar surface area (TPSA) is 47.3 Å². The van der Waals surface area contributed by atoms with Gasteiger partial charge in [-0.25, -0.2) is 0 Å². The number of fused-ring (bicyclic) bond motifs is 3. The summed E-state index contributed by atoms with van der Waals surface area (Å²) in [6, 6.07) is 18.1. The number of hydrogen-bond acceptors (Lipinski definition) is 3. The highest BCUT2D eigenvalue weighted by molar-refractivity contribution is 5.92. The van der Waals surface area contributed by atoms with Gasteiger partial charge in [0.1, 0.15) is 0 Å². The first-order valence-corrected chi connectivity index (χ1v) is 6.17. The zero-order chi connectivity index (χ0) is 12.8. The maximum absolute atomic E-state index is 5.95. The average Bonchev–Trinajstić information content (AvgIpc) is 2.44. The van der Waals surface area contributed by atoms with E-state index in [4.69, 9.17) is 10.5 Å². The summed E-state index contributed by atoms with van der Waals surface area (Å²) in [7, 11) is 0. The molecule has 1 aliphatic heterocycles. The number of benzene rings is 3. The van der Waals surface area contributed by atoms with E-state index in [1.54, 1.807) is 0 Å². The lowest BCUT2D eigenvalue weighted by molar-refractivity contribution is 0.484. The number of nitrogens with two attached hydrogens (primary N) is 1. The third-order valence-corrected chi connectivity index (χ3v) is 3.37. The summed E-state index contributed by atoms with van der Waals surface area (Å²) in [6.45, 7) is 0. The molecule has 0 aromatic heterocycles. The summed E-state index contributed by atoms with van der Waals surface area (Å²) in [6.07, 6.45) is 0. The zero-order valence-electron chi connectivity index (χ0n) is 10.2. The summed E-state index contributed by atoms with van der Waals surface area (Å²) in [4.78, 5) is 0. The van der Waals surface area contributed by atoms with Crippen LogP contribution in [0.4, 0.5) is 17.1 Å². The smallest absolute Gasteiger partial charge is 0.173 e. The zero-order valence-corrected chi connectivity index (χ0v) is 10.2. The molecule has 0 saturated heterocycles. The Morgan fingerprint density at radius 2 is 1.63 bits per heavy atom. The van der Waals surface area contributed by atoms with Crippen molar-refractivity contribution in [2.75, 3.05) is 11.1 Å². The van der Waals surface area contributed by atoms with E-state index in [2.05, 4.69) is 23.5 Å². The fourth-order valence-electron chi connectivity index (χ4n) is 2.42. The molecule has 1 heterocycles. The molecule has 0 amide bonds. The highest BCUT2D eigenvalue weighted by Crippen LogP contribution is 2.46. The van der Waals surface area contributed by atoms with Gasteiger partial charge in [-0.2, -0.15) is 0 Å². The average molecular weight is 248 g/mol. The van der Waals surface area contributed by atoms with Crippen molar-refractivity contribution in [3.63, 3.8) is 0 Å². The van der Waals surface area contributed by atoms with Crippen LogP contribution < -0.4 is 15.8 Å². The molecule has 3 nitrogen and oxygen atoms in total. The first-order valence-electron chi connectivity index (χ1n) is 6.17. The van der Waals surface area contributed by atoms with Crippen LogP contribution >= 0.6 is 0 Å². The Hall–Kier alpha value is -2.68. The number of ether oxygens (including phenoxy) is 1. The monoisotopic (exact) mass is 248 g/mol. The predicted octanol–water partition coefficient (Wildman–Crippen LogP) is 4.27. The molecule has 0 fully saturated rings. The minimum Gasteiger partial charge on any atom is -0.451 e. The number of rotatable bonds is 0. The Labute approximate surface area is 110 Å². The molecular formula is C16H12N2O. The lowest BCUT2D eigenvalue weighted by Crippen LogP contribution is -2.04. The van der Waals surface area contributed by atoms with Crippen LogP contribution in [-0.4, -0.2) is 0 Å². The highest BCUT2D eigenvalue weighted by atomic mass is 16.5. The fourth-order valence-corrected chi connectivity index (χ4v) is 2.42. The van der Waals surface area contributed by atoms with Crippen molar-refractivity contribution in [2.45, 2.75) is 0 Å². The quantitative estimate of drug-likeness (QED) is 0.457. The second-order valence-corrected chi connectivity index (χ2v) is 4.65. The van der Waals surface area contributed by atoms with Crippen molar-refractivity contribution in [1.29, 1.82) is 0 Å². The number of hydrogen-bond donors (Lipinski definition) is 2. The van der Waals surface area contributed by atoms with E-state index in [-0.39, 0.29) is 0 Å². The van der Waals surface area contributed by atoms with Crippen molar-refractivity contribution in [3.8, 4) is 11.5 Å². The van der Waals surface area contributed by atoms with Gasteiger partial charge in [-0.1, -0.05) is 30.3 Å². The molecule has 4 rings (SSSR count). The Kier molecular flexibility index (Phi) is 1.97. The molecule has 0 bridgehead atoms. The summed E-state index contributed by atoms with van der Waals surface area (Å²) in [5.74, 6) is 1.51. The van der Waals surface area contributed by atoms with E-state index in [9.17, 15) is 0 Å². The van der Waals surface area contributed by atoms with E-state index < -0.39 is 0 Å². The van der Waals surface area contributed by atoms with Crippen molar-refractivity contribution in [3.05, 3.63) is 54.6 Å². The summed E-state index contributed by atoms with van der Waals surface area (Å²) >= 11 is 0. The van der Waals surface area contributed by atoms with Crippen LogP contribution in [0.25, 0.3) is 10.8 Å². The molecule has 92 valence electrons. The SMILES string of the molecule is Nc1cccc2c1Oc1cc3ccccc3cc1N2. The molecule has 3 N–H and O–H groups in total. The highest BCUT2D eigenvalue weighted by Gasteiger charge is 2.18. The first kappa shape index (κ1) is 10.3. The van der Waals surface area contributed by atoms with Crippen LogP contribution in [0.15, 0.2) is 54.6 Å². The van der Waals surface area contributed by atoms with Crippen LogP contribution in [0.3, 0.4) is 0 Å². The Morgan fingerprint density at radius 3 is 2.47 bits per heavy atom. The molecule has 3 aromatic carbocycles. The summed E-state index contributed by atoms with van der Waals surface area (Å²) in [5.41, 5.74) is 8.46. The lowest BCUT2D eigenvalue weighted by atomic mass is 10.1. The normalized spacial score (nSPS) is 12.2. The molecule has 0 spiro atoms. The van der Waals surface area contributed by atoms with Crippen LogP contribution in [-0.2, 0) is 0 Å². The van der Waals surface area contributed by atoms with Crippen LogP contribution in [0.5, 0.6) is 11.5 Å². The van der Waals surface area contributed by atoms with Gasteiger partial charge in [-0.05, 0) is 35.0 Å². The van der Waals surface area contributed by atoms with Crippen molar-refractivity contribution >= 4 is 27.8 Å². The number of nitrogen functional groups attached to an aromatic ring is 1. The maximum Gasteiger partial charge on any atom is 0.173 e. The van der Waals surface area contributed by atoms with Gasteiger partial charge in [0.2, 0.25) is 0 Å². The molecule has 19 heavy (non-hydrogen) atoms. The minimum absolute atomic E-state index is 0.642. The molecule has 0 radical (unpaired) electrons. The van der Waals surface area contributed by atoms with Gasteiger partial charge in [0.05, 0.1) is 17.1 Å². The van der Waals surface area contributed by atoms with Gasteiger partial charge in [0.15, 0.2) is 11.5 Å². The third kappa shape index (κ3) is 1.52. The largest absolute Gasteiger partial charge is 0.451 e. The molecule has 1 aliphatic rings. The predicted molar refractivity (Wildman–Crippen MR) is 78.2 cm³/mol. The van der Waals surface area contributed by atoms with Gasteiger partial charge in [-0.3, -0.25) is 0 Å². The van der Waals surface area contributed by atoms with Crippen molar-refractivity contribution in [1.82, 2.24) is 0 Å². The lowest BCUT2D eigenvalue weighted by Gasteiger charge is -2.23. The van der Waals surface area contributed by atoms with Gasteiger partial charge in [0, 0.05) is 0 Å². The van der Waals surface area contributed by atoms with E-state index in [1.807, 2.05) is 36.4 Å². The fraction of sp³-hybridized carbons (Fsp3) is 0. The van der Waals surface area contributed by atoms with E-state index in [0.717, 1.165) is 22.5 Å². The second-order valence-electron chi connectivity index (χ2n) is 4.65. The second kappa shape index (κ2) is 3.65. The molecule has 3 aromatic rings. The van der Waals surface area contributed by atoms with Crippen LogP contribution in [0.2, 0.25) is 0 Å². The maximum atomic E-state index is 5.95. The van der Waals surface area contributed by atoms with E-state index in [0.29, 0.717) is 11.4 Å². The van der Waals surface area contributed by atoms with Gasteiger partial charge >= 0.3 is 0 Å². The number of nitrogens with one attached hydrogen (secondary N) is 1. The van der Waals surface area contributed by atoms with Gasteiger partial charge in [0.25, 0.3) is 0 Å². The van der Waals surface area contributed by atoms with E-state index in [1.165, 1.54) is 5.39 Å². The Bertz CT molecular complexity index is 796. The first-order chi connectivity index (χ1) is 9.31. The summed E-state index contributed by atoms with van der Waals surface area (Å²) < 4.78 is 5.93. The Balaban J connectivity index is 1.93. The standard InChI is InChI=1S/C16H12N2O/c17-12-6-3-7-13-16(12)19-15-9-11-5-2-1-4-10(11)8-14(15)18-13/h1-9,18H,17H2. The molecular weight excluding hydrogens is 236 g/mol. The van der Waals surface area contributed by atoms with Gasteiger partial charge < -0.3 is 15.8 Å². The number of anilines is 3. The number of para-hydroxylation sites is 1. The minimum atomic E-state index is 0.642. The van der Waals surface area contributed by atoms with E-state index >= 15 is 0 Å². The third-order valence-electron chi connectivity index (χ3n) is 3.37. The van der Waals surface area contributed by atoms with Gasteiger partial charge in [-0.15, -0.1) is 0 Å².